The number of hydrogen-bond donors (Lipinski definition) is 3. The number of fused-ring (bicyclic) bond motifs is 1. The fraction of sp³-hybridized carbons (Fsp3) is 0.250. The summed E-state index contributed by atoms with van der Waals surface area (Å²) in [4.78, 5) is 17.5. The van der Waals surface area contributed by atoms with E-state index in [4.69, 9.17) is 0 Å². The zero-order valence-corrected chi connectivity index (χ0v) is 14.7. The number of hydrogen-bond acceptors (Lipinski definition) is 2. The molecule has 3 aromatic rings. The number of H-pyrrole nitrogens is 1. The first kappa shape index (κ1) is 17.0. The van der Waals surface area contributed by atoms with Crippen LogP contribution in [-0.2, 0) is 19.6 Å². The second-order valence-electron chi connectivity index (χ2n) is 6.48. The zero-order chi connectivity index (χ0) is 17.6. The number of carbonyl (C=O) groups excluding carboxylic acids is 1. The minimum Gasteiger partial charge on any atom is -0.357 e. The minimum absolute atomic E-state index is 0.170. The molecule has 1 aromatic heterocycles. The number of aromatic nitrogens is 1. The average molecular weight is 336 g/mol. The van der Waals surface area contributed by atoms with Crippen LogP contribution in [0.3, 0.4) is 0 Å². The Kier molecular flexibility index (Phi) is 5.36. The molecule has 0 aliphatic heterocycles. The molecule has 0 fully saturated rings. The predicted molar refractivity (Wildman–Crippen MR) is 101 cm³/mol. The van der Waals surface area contributed by atoms with E-state index in [2.05, 4.69) is 44.8 Å². The predicted octanol–water partition coefficient (Wildman–Crippen LogP) is 3.23. The van der Waals surface area contributed by atoms with Gasteiger partial charge in [-0.15, -0.1) is 0 Å². The summed E-state index contributed by atoms with van der Waals surface area (Å²) in [5.74, 6) is 0. The van der Waals surface area contributed by atoms with Gasteiger partial charge in [-0.25, -0.2) is 4.79 Å². The second kappa shape index (κ2) is 7.85. The second-order valence-corrected chi connectivity index (χ2v) is 6.48. The van der Waals surface area contributed by atoms with Crippen LogP contribution in [0, 0.1) is 0 Å². The molecule has 1 heterocycles. The Morgan fingerprint density at radius 3 is 2.52 bits per heavy atom. The van der Waals surface area contributed by atoms with Gasteiger partial charge in [0.2, 0.25) is 0 Å². The fourth-order valence-corrected chi connectivity index (χ4v) is 2.85. The Morgan fingerprint density at radius 1 is 0.960 bits per heavy atom. The molecule has 0 aliphatic rings. The topological polar surface area (TPSA) is 60.2 Å². The van der Waals surface area contributed by atoms with Gasteiger partial charge in [-0.2, -0.15) is 0 Å². The van der Waals surface area contributed by atoms with Crippen LogP contribution in [0.15, 0.2) is 54.6 Å². The van der Waals surface area contributed by atoms with Crippen LogP contribution in [0.4, 0.5) is 4.79 Å². The van der Waals surface area contributed by atoms with Gasteiger partial charge in [0.1, 0.15) is 0 Å². The molecule has 130 valence electrons. The molecule has 0 saturated carbocycles. The quantitative estimate of drug-likeness (QED) is 0.647. The van der Waals surface area contributed by atoms with Gasteiger partial charge in [-0.3, -0.25) is 0 Å². The molecule has 5 nitrogen and oxygen atoms in total. The summed E-state index contributed by atoms with van der Waals surface area (Å²) in [5, 5.41) is 6.94. The monoisotopic (exact) mass is 336 g/mol. The third-order valence-corrected chi connectivity index (χ3v) is 3.97. The van der Waals surface area contributed by atoms with Crippen molar-refractivity contribution < 1.29 is 4.79 Å². The summed E-state index contributed by atoms with van der Waals surface area (Å²) in [6, 6.07) is 18.2. The number of amides is 2. The standard InChI is InChI=1S/C20H24N4O/c1-24(2)14-16-7-5-6-15(10-16)12-21-20(25)22-13-18-11-17-8-3-4-9-19(17)23-18/h3-11,23H,12-14H2,1-2H3,(H2,21,22,25). The highest BCUT2D eigenvalue weighted by Crippen LogP contribution is 2.14. The van der Waals surface area contributed by atoms with Crippen LogP contribution in [0.25, 0.3) is 10.9 Å². The van der Waals surface area contributed by atoms with E-state index < -0.39 is 0 Å². The fourth-order valence-electron chi connectivity index (χ4n) is 2.85. The summed E-state index contributed by atoms with van der Waals surface area (Å²) in [5.41, 5.74) is 4.41. The van der Waals surface area contributed by atoms with Gasteiger partial charge in [0, 0.05) is 24.3 Å². The highest BCUT2D eigenvalue weighted by molar-refractivity contribution is 5.80. The van der Waals surface area contributed by atoms with Gasteiger partial charge in [-0.05, 0) is 42.7 Å². The largest absolute Gasteiger partial charge is 0.357 e. The number of para-hydroxylation sites is 1. The van der Waals surface area contributed by atoms with Crippen LogP contribution >= 0.6 is 0 Å². The zero-order valence-electron chi connectivity index (χ0n) is 14.7. The molecule has 0 aliphatic carbocycles. The van der Waals surface area contributed by atoms with Gasteiger partial charge >= 0.3 is 6.03 Å². The molecular weight excluding hydrogens is 312 g/mol. The lowest BCUT2D eigenvalue weighted by Gasteiger charge is -2.11. The van der Waals surface area contributed by atoms with Crippen molar-refractivity contribution in [1.29, 1.82) is 0 Å². The Morgan fingerprint density at radius 2 is 1.72 bits per heavy atom. The molecule has 2 amide bonds. The summed E-state index contributed by atoms with van der Waals surface area (Å²) >= 11 is 0. The Hall–Kier alpha value is -2.79. The van der Waals surface area contributed by atoms with Crippen LogP contribution in [0.5, 0.6) is 0 Å². The minimum atomic E-state index is -0.170. The number of aromatic amines is 1. The van der Waals surface area contributed by atoms with Crippen LogP contribution in [-0.4, -0.2) is 30.0 Å². The van der Waals surface area contributed by atoms with E-state index in [1.165, 1.54) is 5.56 Å². The van der Waals surface area contributed by atoms with E-state index in [-0.39, 0.29) is 6.03 Å². The number of benzene rings is 2. The number of urea groups is 1. The lowest BCUT2D eigenvalue weighted by molar-refractivity contribution is 0.240. The van der Waals surface area contributed by atoms with E-state index >= 15 is 0 Å². The number of rotatable bonds is 6. The van der Waals surface area contributed by atoms with E-state index in [0.29, 0.717) is 13.1 Å². The van der Waals surface area contributed by atoms with Crippen molar-refractivity contribution in [3.05, 3.63) is 71.4 Å². The van der Waals surface area contributed by atoms with Crippen LogP contribution < -0.4 is 10.6 Å². The van der Waals surface area contributed by atoms with Crippen molar-refractivity contribution in [2.24, 2.45) is 0 Å². The van der Waals surface area contributed by atoms with E-state index in [1.807, 2.05) is 44.4 Å². The summed E-state index contributed by atoms with van der Waals surface area (Å²) < 4.78 is 0. The van der Waals surface area contributed by atoms with Gasteiger partial charge in [0.25, 0.3) is 0 Å². The van der Waals surface area contributed by atoms with Crippen molar-refractivity contribution in [3.63, 3.8) is 0 Å². The lowest BCUT2D eigenvalue weighted by Crippen LogP contribution is -2.34. The molecular formula is C20H24N4O. The van der Waals surface area contributed by atoms with Crippen molar-refractivity contribution >= 4 is 16.9 Å². The molecule has 0 spiro atoms. The van der Waals surface area contributed by atoms with Crippen molar-refractivity contribution in [2.75, 3.05) is 14.1 Å². The highest BCUT2D eigenvalue weighted by Gasteiger charge is 2.04. The van der Waals surface area contributed by atoms with Gasteiger partial charge < -0.3 is 20.5 Å². The molecule has 0 unspecified atom stereocenters. The van der Waals surface area contributed by atoms with Crippen LogP contribution in [0.2, 0.25) is 0 Å². The Balaban J connectivity index is 1.49. The molecule has 3 N–H and O–H groups in total. The first-order valence-corrected chi connectivity index (χ1v) is 8.41. The average Bonchev–Trinajstić information content (AvgIpc) is 3.01. The Labute approximate surface area is 148 Å². The smallest absolute Gasteiger partial charge is 0.315 e. The summed E-state index contributed by atoms with van der Waals surface area (Å²) in [6.07, 6.45) is 0. The summed E-state index contributed by atoms with van der Waals surface area (Å²) in [6.45, 7) is 1.88. The highest BCUT2D eigenvalue weighted by atomic mass is 16.2. The third-order valence-electron chi connectivity index (χ3n) is 3.97. The molecule has 3 rings (SSSR count). The van der Waals surface area contributed by atoms with E-state index in [1.54, 1.807) is 0 Å². The SMILES string of the molecule is CN(C)Cc1cccc(CNC(=O)NCc2cc3ccccc3[nH]2)c1. The molecule has 2 aromatic carbocycles. The number of nitrogens with zero attached hydrogens (tertiary/aromatic N) is 1. The third kappa shape index (κ3) is 4.84. The Bertz CT molecular complexity index is 821. The first-order chi connectivity index (χ1) is 12.1. The van der Waals surface area contributed by atoms with Crippen molar-refractivity contribution in [1.82, 2.24) is 20.5 Å². The molecule has 0 atom stereocenters. The van der Waals surface area contributed by atoms with E-state index in [0.717, 1.165) is 28.7 Å². The van der Waals surface area contributed by atoms with Gasteiger partial charge in [0.05, 0.1) is 6.54 Å². The first-order valence-electron chi connectivity index (χ1n) is 8.41. The normalized spacial score (nSPS) is 11.0. The maximum atomic E-state index is 12.0. The van der Waals surface area contributed by atoms with Gasteiger partial charge in [0.15, 0.2) is 0 Å². The van der Waals surface area contributed by atoms with Gasteiger partial charge in [-0.1, -0.05) is 42.5 Å². The molecule has 0 bridgehead atoms. The number of carbonyl (C=O) groups is 1. The van der Waals surface area contributed by atoms with E-state index in [9.17, 15) is 4.79 Å². The molecule has 25 heavy (non-hydrogen) atoms. The van der Waals surface area contributed by atoms with Crippen LogP contribution in [0.1, 0.15) is 16.8 Å². The number of nitrogens with one attached hydrogen (secondary N) is 3. The van der Waals surface area contributed by atoms with Crippen molar-refractivity contribution in [2.45, 2.75) is 19.6 Å². The lowest BCUT2D eigenvalue weighted by atomic mass is 10.1. The summed E-state index contributed by atoms with van der Waals surface area (Å²) in [7, 11) is 4.09. The maximum Gasteiger partial charge on any atom is 0.315 e. The molecule has 5 heteroatoms. The maximum absolute atomic E-state index is 12.0. The molecule has 0 radical (unpaired) electrons. The molecule has 0 saturated heterocycles. The van der Waals surface area contributed by atoms with Crippen molar-refractivity contribution in [3.8, 4) is 0 Å².